The molecule has 2 unspecified atom stereocenters. The smallest absolute Gasteiger partial charge is 0.214 e. The Morgan fingerprint density at radius 2 is 2.14 bits per heavy atom. The van der Waals surface area contributed by atoms with Gasteiger partial charge in [-0.3, -0.25) is 0 Å². The molecule has 0 saturated carbocycles. The first-order chi connectivity index (χ1) is 10.7. The monoisotopic (exact) mass is 324 g/mol. The molecule has 0 aliphatic carbocycles. The summed E-state index contributed by atoms with van der Waals surface area (Å²) in [5.41, 5.74) is 1.25. The zero-order valence-corrected chi connectivity index (χ0v) is 13.6. The van der Waals surface area contributed by atoms with Crippen molar-refractivity contribution in [1.29, 1.82) is 0 Å². The van der Waals surface area contributed by atoms with Crippen LogP contribution in [0.15, 0.2) is 30.3 Å². The number of ether oxygens (including phenoxy) is 1. The van der Waals surface area contributed by atoms with E-state index in [1.165, 1.54) is 5.56 Å². The van der Waals surface area contributed by atoms with Gasteiger partial charge in [-0.05, 0) is 18.4 Å². The molecule has 22 heavy (non-hydrogen) atoms. The molecule has 2 atom stereocenters. The van der Waals surface area contributed by atoms with Crippen molar-refractivity contribution in [1.82, 2.24) is 9.62 Å². The molecule has 122 valence electrons. The summed E-state index contributed by atoms with van der Waals surface area (Å²) in [5, 5.41) is 3.56. The third-order valence-electron chi connectivity index (χ3n) is 4.52. The molecule has 2 aliphatic rings. The number of hydrogen-bond acceptors (Lipinski definition) is 4. The fraction of sp³-hybridized carbons (Fsp3) is 0.625. The topological polar surface area (TPSA) is 58.6 Å². The SMILES string of the molecule is O=S1(=O)CCCN1CCNC(c1ccccc1)C1CCOC1. The third-order valence-corrected chi connectivity index (χ3v) is 6.48. The minimum atomic E-state index is -3.00. The molecule has 1 aromatic rings. The standard InChI is InChI=1S/C16H24N2O3S/c19-22(20)12-4-9-18(22)10-8-17-16(15-7-11-21-13-15)14-5-2-1-3-6-14/h1-3,5-6,15-17H,4,7-13H2. The lowest BCUT2D eigenvalue weighted by Crippen LogP contribution is -2.37. The maximum atomic E-state index is 11.8. The van der Waals surface area contributed by atoms with Crippen LogP contribution >= 0.6 is 0 Å². The predicted octanol–water partition coefficient (Wildman–Crippen LogP) is 1.39. The van der Waals surface area contributed by atoms with Crippen LogP contribution in [0.4, 0.5) is 0 Å². The van der Waals surface area contributed by atoms with E-state index in [0.717, 1.165) is 26.1 Å². The number of sulfonamides is 1. The van der Waals surface area contributed by atoms with Gasteiger partial charge in [-0.1, -0.05) is 30.3 Å². The molecule has 1 aromatic carbocycles. The van der Waals surface area contributed by atoms with Crippen LogP contribution in [0.5, 0.6) is 0 Å². The second kappa shape index (κ2) is 7.08. The van der Waals surface area contributed by atoms with Gasteiger partial charge in [0.15, 0.2) is 0 Å². The number of rotatable bonds is 6. The van der Waals surface area contributed by atoms with Gasteiger partial charge in [0.1, 0.15) is 0 Å². The first-order valence-corrected chi connectivity index (χ1v) is 9.61. The molecule has 0 spiro atoms. The molecule has 2 saturated heterocycles. The van der Waals surface area contributed by atoms with Crippen LogP contribution in [-0.2, 0) is 14.8 Å². The lowest BCUT2D eigenvalue weighted by atomic mass is 9.92. The number of nitrogens with zero attached hydrogens (tertiary/aromatic N) is 1. The minimum Gasteiger partial charge on any atom is -0.381 e. The number of benzene rings is 1. The highest BCUT2D eigenvalue weighted by molar-refractivity contribution is 7.89. The summed E-state index contributed by atoms with van der Waals surface area (Å²) in [6.07, 6.45) is 1.80. The van der Waals surface area contributed by atoms with Gasteiger partial charge in [0.2, 0.25) is 10.0 Å². The summed E-state index contributed by atoms with van der Waals surface area (Å²) in [6.45, 7) is 3.48. The first-order valence-electron chi connectivity index (χ1n) is 8.01. The van der Waals surface area contributed by atoms with E-state index in [4.69, 9.17) is 4.74 Å². The van der Waals surface area contributed by atoms with E-state index in [9.17, 15) is 8.42 Å². The second-order valence-electron chi connectivity index (χ2n) is 6.03. The normalized spacial score (nSPS) is 26.3. The molecule has 1 N–H and O–H groups in total. The maximum absolute atomic E-state index is 11.8. The van der Waals surface area contributed by atoms with E-state index in [1.54, 1.807) is 4.31 Å². The van der Waals surface area contributed by atoms with Crippen LogP contribution in [0.1, 0.15) is 24.4 Å². The molecule has 2 aliphatic heterocycles. The van der Waals surface area contributed by atoms with Gasteiger partial charge in [-0.15, -0.1) is 0 Å². The fourth-order valence-electron chi connectivity index (χ4n) is 3.32. The van der Waals surface area contributed by atoms with Gasteiger partial charge < -0.3 is 10.1 Å². The zero-order chi connectivity index (χ0) is 15.4. The van der Waals surface area contributed by atoms with Gasteiger partial charge in [-0.2, -0.15) is 0 Å². The molecule has 0 bridgehead atoms. The van der Waals surface area contributed by atoms with Gasteiger partial charge in [0.25, 0.3) is 0 Å². The van der Waals surface area contributed by atoms with Crippen molar-refractivity contribution in [3.8, 4) is 0 Å². The quantitative estimate of drug-likeness (QED) is 0.859. The average Bonchev–Trinajstić information content (AvgIpc) is 3.14. The minimum absolute atomic E-state index is 0.231. The average molecular weight is 324 g/mol. The van der Waals surface area contributed by atoms with E-state index in [-0.39, 0.29) is 6.04 Å². The Labute approximate surface area is 132 Å². The Hall–Kier alpha value is -0.950. The molecule has 2 heterocycles. The maximum Gasteiger partial charge on any atom is 0.214 e. The van der Waals surface area contributed by atoms with E-state index in [0.29, 0.717) is 31.3 Å². The molecule has 0 aromatic heterocycles. The van der Waals surface area contributed by atoms with Crippen LogP contribution in [0, 0.1) is 5.92 Å². The van der Waals surface area contributed by atoms with Crippen molar-refractivity contribution in [3.63, 3.8) is 0 Å². The van der Waals surface area contributed by atoms with E-state index >= 15 is 0 Å². The number of hydrogen-bond donors (Lipinski definition) is 1. The summed E-state index contributed by atoms with van der Waals surface area (Å²) in [4.78, 5) is 0. The van der Waals surface area contributed by atoms with Gasteiger partial charge >= 0.3 is 0 Å². The Morgan fingerprint density at radius 3 is 2.77 bits per heavy atom. The summed E-state index contributed by atoms with van der Waals surface area (Å²) in [7, 11) is -3.00. The lowest BCUT2D eigenvalue weighted by molar-refractivity contribution is 0.176. The highest BCUT2D eigenvalue weighted by Gasteiger charge is 2.29. The largest absolute Gasteiger partial charge is 0.381 e. The van der Waals surface area contributed by atoms with Crippen LogP contribution in [-0.4, -0.2) is 51.3 Å². The van der Waals surface area contributed by atoms with Crippen molar-refractivity contribution in [2.45, 2.75) is 18.9 Å². The third kappa shape index (κ3) is 3.68. The highest BCUT2D eigenvalue weighted by Crippen LogP contribution is 2.28. The Bertz CT molecular complexity index is 570. The number of nitrogens with one attached hydrogen (secondary N) is 1. The summed E-state index contributed by atoms with van der Waals surface area (Å²) in [5.74, 6) is 0.753. The molecular weight excluding hydrogens is 300 g/mol. The van der Waals surface area contributed by atoms with E-state index in [2.05, 4.69) is 17.4 Å². The molecular formula is C16H24N2O3S. The van der Waals surface area contributed by atoms with Crippen molar-refractivity contribution in [3.05, 3.63) is 35.9 Å². The van der Waals surface area contributed by atoms with Crippen molar-refractivity contribution in [2.24, 2.45) is 5.92 Å². The summed E-state index contributed by atoms with van der Waals surface area (Å²) >= 11 is 0. The molecule has 0 amide bonds. The van der Waals surface area contributed by atoms with E-state index < -0.39 is 10.0 Å². The van der Waals surface area contributed by atoms with Crippen molar-refractivity contribution in [2.75, 3.05) is 38.6 Å². The zero-order valence-electron chi connectivity index (χ0n) is 12.8. The Kier molecular flexibility index (Phi) is 5.13. The molecule has 5 nitrogen and oxygen atoms in total. The van der Waals surface area contributed by atoms with Gasteiger partial charge in [-0.25, -0.2) is 12.7 Å². The van der Waals surface area contributed by atoms with Crippen molar-refractivity contribution >= 4 is 10.0 Å². The van der Waals surface area contributed by atoms with Crippen molar-refractivity contribution < 1.29 is 13.2 Å². The van der Waals surface area contributed by atoms with Crippen LogP contribution in [0.25, 0.3) is 0 Å². The van der Waals surface area contributed by atoms with Gasteiger partial charge in [0, 0.05) is 38.2 Å². The predicted molar refractivity (Wildman–Crippen MR) is 86.1 cm³/mol. The Balaban J connectivity index is 1.61. The van der Waals surface area contributed by atoms with E-state index in [1.807, 2.05) is 18.2 Å². The first kappa shape index (κ1) is 15.9. The molecule has 6 heteroatoms. The second-order valence-corrected chi connectivity index (χ2v) is 8.12. The van der Waals surface area contributed by atoms with Crippen LogP contribution < -0.4 is 5.32 Å². The van der Waals surface area contributed by atoms with Crippen LogP contribution in [0.2, 0.25) is 0 Å². The summed E-state index contributed by atoms with van der Waals surface area (Å²) < 4.78 is 30.8. The van der Waals surface area contributed by atoms with Crippen LogP contribution in [0.3, 0.4) is 0 Å². The Morgan fingerprint density at radius 1 is 1.32 bits per heavy atom. The highest BCUT2D eigenvalue weighted by atomic mass is 32.2. The fourth-order valence-corrected chi connectivity index (χ4v) is 4.85. The van der Waals surface area contributed by atoms with Gasteiger partial charge in [0.05, 0.1) is 12.4 Å². The molecule has 0 radical (unpaired) electrons. The lowest BCUT2D eigenvalue weighted by Gasteiger charge is -2.25. The molecule has 3 rings (SSSR count). The summed E-state index contributed by atoms with van der Waals surface area (Å²) in [6, 6.07) is 10.6. The molecule has 2 fully saturated rings.